The van der Waals surface area contributed by atoms with E-state index in [1.165, 1.54) is 5.54 Å². The molecule has 1 aromatic rings. The number of carbonyl (C=O) groups excluding carboxylic acids is 1. The minimum atomic E-state index is 0.805. The number of allylic oxidation sites excluding steroid dienone is 1. The van der Waals surface area contributed by atoms with E-state index in [9.17, 15) is 0 Å². The van der Waals surface area contributed by atoms with Crippen molar-refractivity contribution in [3.05, 3.63) is 40.8 Å². The molecule has 0 bridgehead atoms. The highest BCUT2D eigenvalue weighted by Gasteiger charge is 1.97. The third kappa shape index (κ3) is 7.66. The standard InChI is InChI=1S/C12H16ClN3S.CH2O/c1-14-10-17-12(8-13)9-15-16(2)11-6-4-3-5-7-11;1-2/h3-9,14H,10H2,1-2H3;1H2/b12-8+,15-9+;. The summed E-state index contributed by atoms with van der Waals surface area (Å²) in [6.45, 7) is 2.00. The summed E-state index contributed by atoms with van der Waals surface area (Å²) in [5.74, 6) is 0.805. The fraction of sp³-hybridized carbons (Fsp3) is 0.231. The van der Waals surface area contributed by atoms with Crippen molar-refractivity contribution in [1.29, 1.82) is 0 Å². The number of nitrogens with zero attached hydrogens (tertiary/aromatic N) is 2. The van der Waals surface area contributed by atoms with Crippen molar-refractivity contribution in [3.63, 3.8) is 0 Å². The summed E-state index contributed by atoms with van der Waals surface area (Å²) < 4.78 is 0. The predicted octanol–water partition coefficient (Wildman–Crippen LogP) is 2.91. The molecule has 0 aromatic heterocycles. The second-order valence-electron chi connectivity index (χ2n) is 3.26. The van der Waals surface area contributed by atoms with Gasteiger partial charge in [0.05, 0.1) is 11.9 Å². The Labute approximate surface area is 123 Å². The number of rotatable bonds is 6. The smallest absolute Gasteiger partial charge is 0.106 e. The Morgan fingerprint density at radius 1 is 1.47 bits per heavy atom. The molecular formula is C13H18ClN3OS. The van der Waals surface area contributed by atoms with Crippen LogP contribution in [0.4, 0.5) is 5.69 Å². The van der Waals surface area contributed by atoms with Gasteiger partial charge in [0.15, 0.2) is 0 Å². The topological polar surface area (TPSA) is 44.7 Å². The number of hydrogen-bond donors (Lipinski definition) is 1. The largest absolute Gasteiger partial charge is 0.311 e. The first kappa shape index (κ1) is 17.7. The number of nitrogens with one attached hydrogen (secondary N) is 1. The van der Waals surface area contributed by atoms with Gasteiger partial charge in [0.2, 0.25) is 0 Å². The first-order chi connectivity index (χ1) is 9.27. The number of para-hydroxylation sites is 1. The molecule has 0 spiro atoms. The van der Waals surface area contributed by atoms with Gasteiger partial charge in [-0.3, -0.25) is 5.01 Å². The Balaban J connectivity index is 0.00000154. The predicted molar refractivity (Wildman–Crippen MR) is 85.9 cm³/mol. The molecule has 104 valence electrons. The molecule has 1 rings (SSSR count). The molecule has 0 saturated carbocycles. The average Bonchev–Trinajstić information content (AvgIpc) is 2.50. The lowest BCUT2D eigenvalue weighted by Gasteiger charge is -2.12. The maximum atomic E-state index is 8.00. The van der Waals surface area contributed by atoms with E-state index in [4.69, 9.17) is 16.4 Å². The lowest BCUT2D eigenvalue weighted by atomic mass is 10.3. The molecule has 19 heavy (non-hydrogen) atoms. The van der Waals surface area contributed by atoms with Crippen LogP contribution >= 0.6 is 23.4 Å². The van der Waals surface area contributed by atoms with Crippen LogP contribution in [0.3, 0.4) is 0 Å². The minimum Gasteiger partial charge on any atom is -0.311 e. The molecule has 0 atom stereocenters. The number of anilines is 1. The van der Waals surface area contributed by atoms with Gasteiger partial charge in [-0.1, -0.05) is 29.8 Å². The van der Waals surface area contributed by atoms with E-state index in [-0.39, 0.29) is 0 Å². The van der Waals surface area contributed by atoms with Crippen molar-refractivity contribution in [2.75, 3.05) is 25.0 Å². The van der Waals surface area contributed by atoms with Crippen molar-refractivity contribution in [1.82, 2.24) is 5.32 Å². The molecule has 1 N–H and O–H groups in total. The maximum absolute atomic E-state index is 8.00. The number of benzene rings is 1. The van der Waals surface area contributed by atoms with E-state index in [1.807, 2.05) is 51.2 Å². The molecule has 0 fully saturated rings. The highest BCUT2D eigenvalue weighted by molar-refractivity contribution is 8.03. The van der Waals surface area contributed by atoms with Crippen molar-refractivity contribution < 1.29 is 4.79 Å². The molecule has 0 saturated heterocycles. The summed E-state index contributed by atoms with van der Waals surface area (Å²) in [4.78, 5) is 8.92. The Bertz CT molecular complexity index is 398. The quantitative estimate of drug-likeness (QED) is 0.498. The van der Waals surface area contributed by atoms with Crippen LogP contribution in [-0.4, -0.2) is 33.0 Å². The number of thioether (sulfide) groups is 1. The number of hydrogen-bond acceptors (Lipinski definition) is 5. The molecule has 0 heterocycles. The van der Waals surface area contributed by atoms with Crippen LogP contribution in [0.15, 0.2) is 45.9 Å². The summed E-state index contributed by atoms with van der Waals surface area (Å²) in [7, 11) is 3.80. The molecule has 0 aliphatic heterocycles. The van der Waals surface area contributed by atoms with Crippen molar-refractivity contribution in [3.8, 4) is 0 Å². The monoisotopic (exact) mass is 299 g/mol. The van der Waals surface area contributed by atoms with Gasteiger partial charge in [0.25, 0.3) is 0 Å². The van der Waals surface area contributed by atoms with Crippen molar-refractivity contribution in [2.45, 2.75) is 0 Å². The summed E-state index contributed by atoms with van der Waals surface area (Å²) in [6, 6.07) is 9.95. The molecule has 0 unspecified atom stereocenters. The second-order valence-corrected chi connectivity index (χ2v) is 4.52. The zero-order valence-electron chi connectivity index (χ0n) is 11.0. The van der Waals surface area contributed by atoms with Crippen LogP contribution in [-0.2, 0) is 4.79 Å². The van der Waals surface area contributed by atoms with Crippen molar-refractivity contribution >= 4 is 42.1 Å². The molecule has 1 aromatic carbocycles. The Hall–Kier alpha value is -1.30. The Morgan fingerprint density at radius 3 is 2.63 bits per heavy atom. The average molecular weight is 300 g/mol. The van der Waals surface area contributed by atoms with Crippen LogP contribution in [0.25, 0.3) is 0 Å². The van der Waals surface area contributed by atoms with E-state index in [2.05, 4.69) is 10.4 Å². The molecule has 0 radical (unpaired) electrons. The Morgan fingerprint density at radius 2 is 2.11 bits per heavy atom. The van der Waals surface area contributed by atoms with Crippen LogP contribution in [0.2, 0.25) is 0 Å². The van der Waals surface area contributed by atoms with E-state index >= 15 is 0 Å². The highest BCUT2D eigenvalue weighted by atomic mass is 35.5. The van der Waals surface area contributed by atoms with E-state index in [0.717, 1.165) is 16.5 Å². The van der Waals surface area contributed by atoms with E-state index in [0.29, 0.717) is 0 Å². The van der Waals surface area contributed by atoms with E-state index in [1.54, 1.807) is 23.0 Å². The normalized spacial score (nSPS) is 11.0. The van der Waals surface area contributed by atoms with E-state index < -0.39 is 0 Å². The molecule has 6 heteroatoms. The van der Waals surface area contributed by atoms with Crippen LogP contribution < -0.4 is 10.3 Å². The third-order valence-electron chi connectivity index (χ3n) is 1.98. The first-order valence-electron chi connectivity index (χ1n) is 5.47. The zero-order valence-corrected chi connectivity index (χ0v) is 12.6. The van der Waals surface area contributed by atoms with Crippen molar-refractivity contribution in [2.24, 2.45) is 5.10 Å². The fourth-order valence-electron chi connectivity index (χ4n) is 1.11. The fourth-order valence-corrected chi connectivity index (χ4v) is 1.85. The van der Waals surface area contributed by atoms with Gasteiger partial charge in [0, 0.05) is 23.4 Å². The lowest BCUT2D eigenvalue weighted by molar-refractivity contribution is -0.0979. The SMILES string of the molecule is C=O.CNCSC(/C=N/N(C)c1ccccc1)=C/Cl. The minimum absolute atomic E-state index is 0.805. The number of carbonyl (C=O) groups is 1. The summed E-state index contributed by atoms with van der Waals surface area (Å²) >= 11 is 7.31. The summed E-state index contributed by atoms with van der Waals surface area (Å²) in [5, 5.41) is 9.17. The molecule has 0 amide bonds. The molecule has 0 aliphatic rings. The lowest BCUT2D eigenvalue weighted by Crippen LogP contribution is -2.09. The van der Waals surface area contributed by atoms with Crippen LogP contribution in [0.5, 0.6) is 0 Å². The number of hydrazone groups is 1. The molecular weight excluding hydrogens is 282 g/mol. The summed E-state index contributed by atoms with van der Waals surface area (Å²) in [6.07, 6.45) is 1.75. The molecule has 4 nitrogen and oxygen atoms in total. The second kappa shape index (κ2) is 11.8. The number of halogens is 1. The van der Waals surface area contributed by atoms with Crippen LogP contribution in [0, 0.1) is 0 Å². The van der Waals surface area contributed by atoms with Gasteiger partial charge >= 0.3 is 0 Å². The van der Waals surface area contributed by atoms with Gasteiger partial charge in [-0.05, 0) is 19.2 Å². The van der Waals surface area contributed by atoms with Gasteiger partial charge in [-0.2, -0.15) is 5.10 Å². The third-order valence-corrected chi connectivity index (χ3v) is 3.33. The van der Waals surface area contributed by atoms with Gasteiger partial charge < -0.3 is 10.1 Å². The molecule has 0 aliphatic carbocycles. The maximum Gasteiger partial charge on any atom is 0.106 e. The zero-order chi connectivity index (χ0) is 14.5. The van der Waals surface area contributed by atoms with Gasteiger partial charge in [-0.15, -0.1) is 11.8 Å². The summed E-state index contributed by atoms with van der Waals surface area (Å²) in [5.41, 5.74) is 2.57. The van der Waals surface area contributed by atoms with Gasteiger partial charge in [-0.25, -0.2) is 0 Å². The van der Waals surface area contributed by atoms with Gasteiger partial charge in [0.1, 0.15) is 6.79 Å². The highest BCUT2D eigenvalue weighted by Crippen LogP contribution is 2.15. The Kier molecular flexibility index (Phi) is 11.0. The van der Waals surface area contributed by atoms with Crippen LogP contribution in [0.1, 0.15) is 0 Å². The first-order valence-corrected chi connectivity index (χ1v) is 6.89.